The van der Waals surface area contributed by atoms with Crippen LogP contribution in [0.25, 0.3) is 21.3 Å². The molecule has 5 nitrogen and oxygen atoms in total. The number of carbonyl (C=O) groups is 1. The number of nitrogens with zero attached hydrogens (tertiary/aromatic N) is 2. The lowest BCUT2D eigenvalue weighted by molar-refractivity contribution is 0.102. The summed E-state index contributed by atoms with van der Waals surface area (Å²) in [6.07, 6.45) is 1.52. The van der Waals surface area contributed by atoms with Crippen molar-refractivity contribution in [3.05, 3.63) is 70.8 Å². The van der Waals surface area contributed by atoms with Gasteiger partial charge < -0.3 is 11.1 Å². The largest absolute Gasteiger partial charge is 0.384 e. The van der Waals surface area contributed by atoms with Crippen LogP contribution in [-0.4, -0.2) is 15.9 Å². The van der Waals surface area contributed by atoms with Crippen molar-refractivity contribution in [2.24, 2.45) is 0 Å². The van der Waals surface area contributed by atoms with E-state index >= 15 is 0 Å². The minimum Gasteiger partial charge on any atom is -0.384 e. The van der Waals surface area contributed by atoms with Crippen molar-refractivity contribution in [3.8, 4) is 11.1 Å². The van der Waals surface area contributed by atoms with Crippen LogP contribution in [0.1, 0.15) is 10.4 Å². The Bertz CT molecular complexity index is 1110. The van der Waals surface area contributed by atoms with E-state index in [0.717, 1.165) is 21.3 Å². The van der Waals surface area contributed by atoms with Gasteiger partial charge in [-0.15, -0.1) is 11.3 Å². The molecule has 0 saturated carbocycles. The number of fused-ring (bicyclic) bond motifs is 1. The number of thiazole rings is 1. The Morgan fingerprint density at radius 2 is 2.00 bits per heavy atom. The number of nitrogens with two attached hydrogens (primary N) is 1. The second-order valence-electron chi connectivity index (χ2n) is 5.66. The first kappa shape index (κ1) is 16.5. The molecule has 0 fully saturated rings. The van der Waals surface area contributed by atoms with Crippen molar-refractivity contribution >= 4 is 50.6 Å². The van der Waals surface area contributed by atoms with Crippen LogP contribution >= 0.6 is 22.9 Å². The molecule has 2 heterocycles. The number of aromatic nitrogens is 2. The van der Waals surface area contributed by atoms with Crippen LogP contribution in [0.3, 0.4) is 0 Å². The van der Waals surface area contributed by atoms with Crippen LogP contribution in [-0.2, 0) is 0 Å². The number of benzene rings is 2. The predicted octanol–water partition coefficient (Wildman–Crippen LogP) is 4.85. The molecule has 1 amide bonds. The summed E-state index contributed by atoms with van der Waals surface area (Å²) in [5.41, 5.74) is 11.1. The zero-order valence-electron chi connectivity index (χ0n) is 13.4. The highest BCUT2D eigenvalue weighted by atomic mass is 35.5. The van der Waals surface area contributed by atoms with Crippen molar-refractivity contribution in [1.29, 1.82) is 0 Å². The lowest BCUT2D eigenvalue weighted by Crippen LogP contribution is -2.12. The Morgan fingerprint density at radius 3 is 2.77 bits per heavy atom. The standard InChI is InChI=1S/C19H13ClN4OS/c20-13-3-1-2-11(6-13)15-7-12(8-16-18(15)23-10-26-16)19(25)24-14-4-5-17(21)22-9-14/h1-10H,(H2,21,22)(H,24,25). The summed E-state index contributed by atoms with van der Waals surface area (Å²) in [5, 5.41) is 3.47. The molecule has 2 aromatic carbocycles. The SMILES string of the molecule is Nc1ccc(NC(=O)c2cc(-c3cccc(Cl)c3)c3ncsc3c2)cn1. The number of pyridine rings is 1. The van der Waals surface area contributed by atoms with Gasteiger partial charge >= 0.3 is 0 Å². The second-order valence-corrected chi connectivity index (χ2v) is 6.98. The highest BCUT2D eigenvalue weighted by Gasteiger charge is 2.14. The first-order chi connectivity index (χ1) is 12.6. The lowest BCUT2D eigenvalue weighted by Gasteiger charge is -2.09. The molecule has 0 spiro atoms. The Labute approximate surface area is 158 Å². The molecule has 26 heavy (non-hydrogen) atoms. The molecule has 7 heteroatoms. The number of nitrogen functional groups attached to an aromatic ring is 1. The number of amides is 1. The number of anilines is 2. The molecule has 0 bridgehead atoms. The number of hydrogen-bond donors (Lipinski definition) is 2. The van der Waals surface area contributed by atoms with E-state index in [1.807, 2.05) is 36.4 Å². The normalized spacial score (nSPS) is 10.8. The van der Waals surface area contributed by atoms with Crippen molar-refractivity contribution in [1.82, 2.24) is 9.97 Å². The first-order valence-corrected chi connectivity index (χ1v) is 9.02. The summed E-state index contributed by atoms with van der Waals surface area (Å²) >= 11 is 7.62. The number of rotatable bonds is 3. The lowest BCUT2D eigenvalue weighted by atomic mass is 10.0. The number of halogens is 1. The van der Waals surface area contributed by atoms with Gasteiger partial charge in [0, 0.05) is 16.1 Å². The maximum atomic E-state index is 12.7. The number of carbonyl (C=O) groups excluding carboxylic acids is 1. The molecule has 0 aliphatic rings. The predicted molar refractivity (Wildman–Crippen MR) is 107 cm³/mol. The van der Waals surface area contributed by atoms with E-state index < -0.39 is 0 Å². The third kappa shape index (κ3) is 3.24. The molecule has 4 aromatic rings. The Kier molecular flexibility index (Phi) is 4.28. The number of nitrogens with one attached hydrogen (secondary N) is 1. The van der Waals surface area contributed by atoms with E-state index in [1.165, 1.54) is 17.5 Å². The molecule has 3 N–H and O–H groups in total. The first-order valence-electron chi connectivity index (χ1n) is 7.76. The smallest absolute Gasteiger partial charge is 0.255 e. The van der Waals surface area contributed by atoms with Gasteiger partial charge in [-0.3, -0.25) is 4.79 Å². The van der Waals surface area contributed by atoms with Gasteiger partial charge in [-0.2, -0.15) is 0 Å². The molecule has 0 aliphatic heterocycles. The van der Waals surface area contributed by atoms with Gasteiger partial charge in [0.15, 0.2) is 0 Å². The van der Waals surface area contributed by atoms with Gasteiger partial charge in [-0.25, -0.2) is 9.97 Å². The van der Waals surface area contributed by atoms with Crippen molar-refractivity contribution in [3.63, 3.8) is 0 Å². The van der Waals surface area contributed by atoms with Crippen LogP contribution in [0.15, 0.2) is 60.2 Å². The fraction of sp³-hybridized carbons (Fsp3) is 0. The summed E-state index contributed by atoms with van der Waals surface area (Å²) in [7, 11) is 0. The van der Waals surface area contributed by atoms with Crippen molar-refractivity contribution in [2.75, 3.05) is 11.1 Å². The average molecular weight is 381 g/mol. The minimum atomic E-state index is -0.227. The second kappa shape index (κ2) is 6.74. The zero-order chi connectivity index (χ0) is 18.1. The highest BCUT2D eigenvalue weighted by molar-refractivity contribution is 7.16. The van der Waals surface area contributed by atoms with Crippen molar-refractivity contribution in [2.45, 2.75) is 0 Å². The minimum absolute atomic E-state index is 0.227. The fourth-order valence-corrected chi connectivity index (χ4v) is 3.59. The van der Waals surface area contributed by atoms with E-state index in [4.69, 9.17) is 17.3 Å². The molecule has 0 aliphatic carbocycles. The molecule has 0 saturated heterocycles. The molecule has 0 radical (unpaired) electrons. The molecule has 128 valence electrons. The molecule has 4 rings (SSSR count). The van der Waals surface area contributed by atoms with Gasteiger partial charge in [0.05, 0.1) is 27.6 Å². The maximum Gasteiger partial charge on any atom is 0.255 e. The number of hydrogen-bond acceptors (Lipinski definition) is 5. The summed E-state index contributed by atoms with van der Waals surface area (Å²) in [6.45, 7) is 0. The topological polar surface area (TPSA) is 80.9 Å². The summed E-state index contributed by atoms with van der Waals surface area (Å²) < 4.78 is 0.933. The Morgan fingerprint density at radius 1 is 1.12 bits per heavy atom. The fourth-order valence-electron chi connectivity index (χ4n) is 2.66. The van der Waals surface area contributed by atoms with Crippen LogP contribution in [0, 0.1) is 0 Å². The van der Waals surface area contributed by atoms with E-state index in [0.29, 0.717) is 22.1 Å². The average Bonchev–Trinajstić information content (AvgIpc) is 3.11. The van der Waals surface area contributed by atoms with Crippen molar-refractivity contribution < 1.29 is 4.79 Å². The molecule has 0 unspecified atom stereocenters. The Balaban J connectivity index is 1.76. The van der Waals surface area contributed by atoms with E-state index in [9.17, 15) is 4.79 Å². The Hall–Kier alpha value is -2.96. The van der Waals surface area contributed by atoms with Crippen LogP contribution < -0.4 is 11.1 Å². The van der Waals surface area contributed by atoms with E-state index in [-0.39, 0.29) is 5.91 Å². The van der Waals surface area contributed by atoms with Gasteiger partial charge in [0.1, 0.15) is 5.82 Å². The van der Waals surface area contributed by atoms with Crippen LogP contribution in [0.4, 0.5) is 11.5 Å². The van der Waals surface area contributed by atoms with Gasteiger partial charge in [-0.05, 0) is 42.0 Å². The van der Waals surface area contributed by atoms with Gasteiger partial charge in [0.25, 0.3) is 5.91 Å². The van der Waals surface area contributed by atoms with Gasteiger partial charge in [0.2, 0.25) is 0 Å². The van der Waals surface area contributed by atoms with Crippen LogP contribution in [0.2, 0.25) is 5.02 Å². The van der Waals surface area contributed by atoms with E-state index in [2.05, 4.69) is 15.3 Å². The molecular formula is C19H13ClN4OS. The maximum absolute atomic E-state index is 12.7. The molecule has 2 aromatic heterocycles. The third-order valence-corrected chi connectivity index (χ3v) is 4.89. The highest BCUT2D eigenvalue weighted by Crippen LogP contribution is 2.32. The quantitative estimate of drug-likeness (QED) is 0.532. The molecular weight excluding hydrogens is 368 g/mol. The van der Waals surface area contributed by atoms with E-state index in [1.54, 1.807) is 17.6 Å². The van der Waals surface area contributed by atoms with Gasteiger partial charge in [-0.1, -0.05) is 23.7 Å². The van der Waals surface area contributed by atoms with Crippen LogP contribution in [0.5, 0.6) is 0 Å². The zero-order valence-corrected chi connectivity index (χ0v) is 15.0. The summed E-state index contributed by atoms with van der Waals surface area (Å²) in [6, 6.07) is 14.5. The monoisotopic (exact) mass is 380 g/mol. The summed E-state index contributed by atoms with van der Waals surface area (Å²) in [4.78, 5) is 21.1. The third-order valence-electron chi connectivity index (χ3n) is 3.88. The molecule has 0 atom stereocenters. The summed E-state index contributed by atoms with van der Waals surface area (Å²) in [5.74, 6) is 0.174.